The van der Waals surface area contributed by atoms with E-state index >= 15 is 0 Å². The van der Waals surface area contributed by atoms with E-state index in [2.05, 4.69) is 10.2 Å². The summed E-state index contributed by atoms with van der Waals surface area (Å²) in [5.74, 6) is 0. The van der Waals surface area contributed by atoms with E-state index in [1.54, 1.807) is 0 Å². The third kappa shape index (κ3) is 2.18. The molecule has 0 fully saturated rings. The molecule has 2 heteroatoms. The van der Waals surface area contributed by atoms with Crippen LogP contribution in [0.4, 0.5) is 0 Å². The zero-order chi connectivity index (χ0) is 3.41. The van der Waals surface area contributed by atoms with Gasteiger partial charge in [-0.05, 0) is 6.54 Å². The fourth-order valence-electron chi connectivity index (χ4n) is 0. The summed E-state index contributed by atoms with van der Waals surface area (Å²) in [6.45, 7) is 0.733. The molecule has 0 aliphatic carbocycles. The van der Waals surface area contributed by atoms with Crippen LogP contribution in [0.25, 0.3) is 0 Å². The average Bonchev–Trinajstić information content (AvgIpc) is 1.37. The highest BCUT2D eigenvalue weighted by Crippen LogP contribution is 1.51. The molecule has 23 valence electrons. The summed E-state index contributed by atoms with van der Waals surface area (Å²) < 4.78 is 0. The Morgan fingerprint density at radius 1 is 1.75 bits per heavy atom. The molecule has 0 unspecified atom stereocenters. The smallest absolute Gasteiger partial charge is 0.0237 e. The summed E-state index contributed by atoms with van der Waals surface area (Å²) in [7, 11) is 3.16. The lowest BCUT2D eigenvalue weighted by Gasteiger charge is -1.69. The van der Waals surface area contributed by atoms with Crippen LogP contribution in [0.5, 0.6) is 0 Å². The zero-order valence-corrected chi connectivity index (χ0v) is 3.49. The maximum Gasteiger partial charge on any atom is 0.0237 e. The average molecular weight is 72.2 g/mol. The van der Waals surface area contributed by atoms with Gasteiger partial charge in [0.05, 0.1) is 0 Å². The first-order valence-corrected chi connectivity index (χ1v) is 1.97. The van der Waals surface area contributed by atoms with Crippen molar-refractivity contribution in [1.29, 1.82) is 0 Å². The molecule has 0 aromatic heterocycles. The third-order valence-electron chi connectivity index (χ3n) is 0.144. The van der Waals surface area contributed by atoms with Crippen molar-refractivity contribution in [1.82, 2.24) is 0 Å². The molecule has 0 bridgehead atoms. The van der Waals surface area contributed by atoms with Crippen LogP contribution in [-0.4, -0.2) is 16.8 Å². The lowest BCUT2D eigenvalue weighted by molar-refractivity contribution is 1.13. The third-order valence-corrected chi connectivity index (χ3v) is 0.433. The molecule has 0 aromatic rings. The Morgan fingerprint density at radius 2 is 2.00 bits per heavy atom. The summed E-state index contributed by atoms with van der Waals surface area (Å²) in [6.07, 6.45) is 0. The van der Waals surface area contributed by atoms with Crippen molar-refractivity contribution in [3.63, 3.8) is 0 Å². The van der Waals surface area contributed by atoms with Crippen LogP contribution in [0.1, 0.15) is 0 Å². The molecule has 0 saturated heterocycles. The van der Waals surface area contributed by atoms with Gasteiger partial charge in [-0.25, -0.2) is 0 Å². The van der Waals surface area contributed by atoms with Gasteiger partial charge in [-0.3, -0.25) is 0 Å². The van der Waals surface area contributed by atoms with E-state index in [1.165, 1.54) is 0 Å². The largest absolute Gasteiger partial charge is 0.331 e. The first-order chi connectivity index (χ1) is 1.91. The van der Waals surface area contributed by atoms with Gasteiger partial charge in [-0.1, -0.05) is 6.04 Å². The molecule has 0 rings (SSSR count). The van der Waals surface area contributed by atoms with Crippen LogP contribution >= 0.6 is 0 Å². The van der Waals surface area contributed by atoms with Crippen molar-refractivity contribution in [2.45, 2.75) is 6.04 Å². The number of nitrogens with two attached hydrogens (primary N) is 1. The standard InChI is InChI=1S/C2H6NSi/c3-1-2-4/h1-3H2. The first-order valence-electron chi connectivity index (χ1n) is 1.26. The van der Waals surface area contributed by atoms with Gasteiger partial charge in [0, 0.05) is 10.2 Å². The van der Waals surface area contributed by atoms with E-state index in [4.69, 9.17) is 5.73 Å². The van der Waals surface area contributed by atoms with Crippen LogP contribution in [0, 0.1) is 0 Å². The van der Waals surface area contributed by atoms with Crippen LogP contribution in [-0.2, 0) is 0 Å². The minimum atomic E-state index is 0.733. The van der Waals surface area contributed by atoms with E-state index in [0.29, 0.717) is 0 Å². The van der Waals surface area contributed by atoms with Crippen molar-refractivity contribution in [2.24, 2.45) is 5.73 Å². The second kappa shape index (κ2) is 3.18. The molecule has 0 heterocycles. The molecule has 0 amide bonds. The Balaban J connectivity index is 1.97. The topological polar surface area (TPSA) is 26.0 Å². The lowest BCUT2D eigenvalue weighted by atomic mass is 10.8. The highest BCUT2D eigenvalue weighted by atomic mass is 28.1. The minimum absolute atomic E-state index is 0.733. The molecule has 3 radical (unpaired) electrons. The molecular weight excluding hydrogens is 66.1 g/mol. The van der Waals surface area contributed by atoms with Gasteiger partial charge in [-0.2, -0.15) is 0 Å². The van der Waals surface area contributed by atoms with Crippen molar-refractivity contribution >= 4 is 10.2 Å². The SMILES string of the molecule is NCC[Si]. The second-order valence-corrected chi connectivity index (χ2v) is 1.04. The number of rotatable bonds is 1. The van der Waals surface area contributed by atoms with Gasteiger partial charge in [0.25, 0.3) is 0 Å². The van der Waals surface area contributed by atoms with Crippen LogP contribution in [0.3, 0.4) is 0 Å². The molecule has 0 saturated carbocycles. The molecule has 1 nitrogen and oxygen atoms in total. The quantitative estimate of drug-likeness (QED) is 0.416. The highest BCUT2D eigenvalue weighted by Gasteiger charge is 1.56. The number of hydrogen-bond donors (Lipinski definition) is 1. The predicted octanol–water partition coefficient (Wildman–Crippen LogP) is -0.468. The summed E-state index contributed by atoms with van der Waals surface area (Å²) in [5, 5.41) is 0. The normalized spacial score (nSPS) is 7.50. The molecule has 0 aliphatic rings. The molecule has 2 N–H and O–H groups in total. The van der Waals surface area contributed by atoms with Gasteiger partial charge in [0.15, 0.2) is 0 Å². The van der Waals surface area contributed by atoms with E-state index in [1.807, 2.05) is 0 Å². The lowest BCUT2D eigenvalue weighted by Crippen LogP contribution is -1.94. The van der Waals surface area contributed by atoms with Crippen LogP contribution in [0.2, 0.25) is 6.04 Å². The van der Waals surface area contributed by atoms with E-state index in [-0.39, 0.29) is 0 Å². The van der Waals surface area contributed by atoms with Gasteiger partial charge < -0.3 is 5.73 Å². The summed E-state index contributed by atoms with van der Waals surface area (Å²) in [5.41, 5.74) is 4.98. The fourth-order valence-corrected chi connectivity index (χ4v) is 0. The second-order valence-electron chi connectivity index (χ2n) is 0.539. The van der Waals surface area contributed by atoms with Crippen molar-refractivity contribution in [3.8, 4) is 0 Å². The van der Waals surface area contributed by atoms with Crippen LogP contribution in [0.15, 0.2) is 0 Å². The van der Waals surface area contributed by atoms with Crippen molar-refractivity contribution in [2.75, 3.05) is 6.54 Å². The van der Waals surface area contributed by atoms with Crippen LogP contribution < -0.4 is 5.73 Å². The Kier molecular flexibility index (Phi) is 3.32. The van der Waals surface area contributed by atoms with E-state index in [0.717, 1.165) is 12.6 Å². The van der Waals surface area contributed by atoms with Gasteiger partial charge in [0.1, 0.15) is 0 Å². The fraction of sp³-hybridized carbons (Fsp3) is 1.00. The summed E-state index contributed by atoms with van der Waals surface area (Å²) in [4.78, 5) is 0. The molecule has 0 aromatic carbocycles. The first kappa shape index (κ1) is 4.18. The van der Waals surface area contributed by atoms with E-state index in [9.17, 15) is 0 Å². The van der Waals surface area contributed by atoms with Crippen molar-refractivity contribution in [3.05, 3.63) is 0 Å². The molecule has 0 atom stereocenters. The van der Waals surface area contributed by atoms with E-state index < -0.39 is 0 Å². The van der Waals surface area contributed by atoms with Crippen molar-refractivity contribution < 1.29 is 0 Å². The minimum Gasteiger partial charge on any atom is -0.331 e. The molecule has 0 spiro atoms. The maximum absolute atomic E-state index is 4.98. The Bertz CT molecular complexity index is 8.00. The van der Waals surface area contributed by atoms with Gasteiger partial charge in [0.2, 0.25) is 0 Å². The Morgan fingerprint density at radius 3 is 2.00 bits per heavy atom. The monoisotopic (exact) mass is 72.0 g/mol. The summed E-state index contributed by atoms with van der Waals surface area (Å²) >= 11 is 0. The van der Waals surface area contributed by atoms with Gasteiger partial charge >= 0.3 is 0 Å². The zero-order valence-electron chi connectivity index (χ0n) is 2.49. The number of hydrogen-bond acceptors (Lipinski definition) is 1. The molecule has 4 heavy (non-hydrogen) atoms. The van der Waals surface area contributed by atoms with Gasteiger partial charge in [-0.15, -0.1) is 0 Å². The molecular formula is C2H6NSi. The Hall–Kier alpha value is 0.177. The summed E-state index contributed by atoms with van der Waals surface area (Å²) in [6, 6.07) is 0.903. The molecule has 0 aliphatic heterocycles. The Labute approximate surface area is 29.6 Å². The predicted molar refractivity (Wildman–Crippen MR) is 19.6 cm³/mol. The maximum atomic E-state index is 4.98. The highest BCUT2D eigenvalue weighted by molar-refractivity contribution is 6.08.